The van der Waals surface area contributed by atoms with Gasteiger partial charge in [-0.25, -0.2) is 14.5 Å². The highest BCUT2D eigenvalue weighted by Gasteiger charge is 2.33. The van der Waals surface area contributed by atoms with Gasteiger partial charge in [0.05, 0.1) is 61.2 Å². The standard InChI is InChI=1S/C32H40N6O4/c1-2-42-32(39)27-21-28(37-12-7-24(8-13-37)36-14-18-41-19-15-36)29-30(23-4-3-5-23)35-38(31(29)34-27)25-6-11-33-26(20-25)22-9-16-40-17-10-22/h6,9,11,20-21,23-24H,2-5,7-8,10,12-19H2,1H3. The largest absolute Gasteiger partial charge is 0.461 e. The minimum Gasteiger partial charge on any atom is -0.461 e. The maximum atomic E-state index is 13.1. The van der Waals surface area contributed by atoms with Crippen molar-refractivity contribution in [2.24, 2.45) is 0 Å². The van der Waals surface area contributed by atoms with Gasteiger partial charge in [-0.2, -0.15) is 5.10 Å². The summed E-state index contributed by atoms with van der Waals surface area (Å²) in [6.07, 6.45) is 10.4. The molecule has 0 atom stereocenters. The topological polar surface area (TPSA) is 94.8 Å². The third kappa shape index (κ3) is 5.31. The Labute approximate surface area is 246 Å². The summed E-state index contributed by atoms with van der Waals surface area (Å²) in [5.41, 5.74) is 6.20. The third-order valence-electron chi connectivity index (χ3n) is 9.27. The number of pyridine rings is 2. The molecule has 0 aromatic carbocycles. The first-order chi connectivity index (χ1) is 20.7. The van der Waals surface area contributed by atoms with Crippen LogP contribution in [0.2, 0.25) is 0 Å². The van der Waals surface area contributed by atoms with Gasteiger partial charge in [0.1, 0.15) is 0 Å². The van der Waals surface area contributed by atoms with Crippen molar-refractivity contribution < 1.29 is 19.0 Å². The molecule has 3 aromatic heterocycles. The summed E-state index contributed by atoms with van der Waals surface area (Å²) < 4.78 is 18.5. The van der Waals surface area contributed by atoms with Gasteiger partial charge in [0.25, 0.3) is 0 Å². The molecule has 0 amide bonds. The number of carbonyl (C=O) groups is 1. The normalized spacial score (nSPS) is 20.9. The summed E-state index contributed by atoms with van der Waals surface area (Å²) in [4.78, 5) is 27.8. The zero-order valence-corrected chi connectivity index (χ0v) is 24.5. The minimum absolute atomic E-state index is 0.304. The highest BCUT2D eigenvalue weighted by atomic mass is 16.5. The molecule has 10 heteroatoms. The van der Waals surface area contributed by atoms with Crippen molar-refractivity contribution in [1.82, 2.24) is 24.6 Å². The van der Waals surface area contributed by atoms with Gasteiger partial charge in [0.15, 0.2) is 11.3 Å². The van der Waals surface area contributed by atoms with Crippen molar-refractivity contribution in [3.8, 4) is 5.69 Å². The van der Waals surface area contributed by atoms with Crippen molar-refractivity contribution in [1.29, 1.82) is 0 Å². The fourth-order valence-corrected chi connectivity index (χ4v) is 6.73. The molecular weight excluding hydrogens is 532 g/mol. The predicted octanol–water partition coefficient (Wildman–Crippen LogP) is 4.36. The molecule has 1 saturated carbocycles. The van der Waals surface area contributed by atoms with Crippen LogP contribution in [0.25, 0.3) is 22.3 Å². The number of anilines is 1. The van der Waals surface area contributed by atoms with E-state index in [0.717, 1.165) is 99.6 Å². The zero-order chi connectivity index (χ0) is 28.5. The fraction of sp³-hybridized carbons (Fsp3) is 0.562. The van der Waals surface area contributed by atoms with Crippen LogP contribution in [0.1, 0.15) is 73.2 Å². The SMILES string of the molecule is CCOC(=O)c1cc(N2CCC(N3CCOCC3)CC2)c2c(C3CCC3)nn(-c3ccnc(C4=CCOCC4)c3)c2n1. The number of esters is 1. The average Bonchev–Trinajstić information content (AvgIpc) is 3.40. The molecule has 1 aliphatic carbocycles. The van der Waals surface area contributed by atoms with E-state index >= 15 is 0 Å². The number of piperidine rings is 1. The highest BCUT2D eigenvalue weighted by molar-refractivity contribution is 5.99. The third-order valence-corrected chi connectivity index (χ3v) is 9.27. The Morgan fingerprint density at radius 3 is 2.60 bits per heavy atom. The number of ether oxygens (including phenoxy) is 3. The lowest BCUT2D eigenvalue weighted by Gasteiger charge is -2.41. The van der Waals surface area contributed by atoms with Crippen LogP contribution in [0.3, 0.4) is 0 Å². The molecular formula is C32H40N6O4. The van der Waals surface area contributed by atoms with Crippen LogP contribution in [-0.2, 0) is 14.2 Å². The van der Waals surface area contributed by atoms with E-state index < -0.39 is 5.97 Å². The summed E-state index contributed by atoms with van der Waals surface area (Å²) in [6.45, 7) is 8.94. The summed E-state index contributed by atoms with van der Waals surface area (Å²) in [5, 5.41) is 6.31. The van der Waals surface area contributed by atoms with E-state index in [0.29, 0.717) is 43.1 Å². The summed E-state index contributed by atoms with van der Waals surface area (Å²) in [6, 6.07) is 6.58. The van der Waals surface area contributed by atoms with Gasteiger partial charge in [-0.1, -0.05) is 12.5 Å². The number of fused-ring (bicyclic) bond motifs is 1. The summed E-state index contributed by atoms with van der Waals surface area (Å²) in [7, 11) is 0. The number of morpholine rings is 1. The summed E-state index contributed by atoms with van der Waals surface area (Å²) >= 11 is 0. The van der Waals surface area contributed by atoms with Crippen LogP contribution < -0.4 is 4.90 Å². The van der Waals surface area contributed by atoms with Gasteiger partial charge < -0.3 is 19.1 Å². The van der Waals surface area contributed by atoms with Crippen molar-refractivity contribution in [2.75, 3.05) is 64.1 Å². The Balaban J connectivity index is 1.31. The number of nitrogens with zero attached hydrogens (tertiary/aromatic N) is 6. The Kier molecular flexibility index (Phi) is 7.92. The molecule has 3 fully saturated rings. The fourth-order valence-electron chi connectivity index (χ4n) is 6.73. The summed E-state index contributed by atoms with van der Waals surface area (Å²) in [5.74, 6) is -0.00211. The van der Waals surface area contributed by atoms with Crippen LogP contribution >= 0.6 is 0 Å². The van der Waals surface area contributed by atoms with Gasteiger partial charge >= 0.3 is 5.97 Å². The van der Waals surface area contributed by atoms with Crippen LogP contribution in [-0.4, -0.2) is 95.9 Å². The maximum absolute atomic E-state index is 13.1. The number of carbonyl (C=O) groups excluding carboxylic acids is 1. The lowest BCUT2D eigenvalue weighted by Crippen LogP contribution is -2.49. The lowest BCUT2D eigenvalue weighted by molar-refractivity contribution is 0.0115. The molecule has 4 aliphatic rings. The smallest absolute Gasteiger partial charge is 0.357 e. The number of hydrogen-bond acceptors (Lipinski definition) is 9. The first-order valence-corrected chi connectivity index (χ1v) is 15.6. The first kappa shape index (κ1) is 27.5. The van der Waals surface area contributed by atoms with Gasteiger partial charge in [0, 0.05) is 44.3 Å². The number of hydrogen-bond donors (Lipinski definition) is 0. The molecule has 0 unspecified atom stereocenters. The maximum Gasteiger partial charge on any atom is 0.357 e. The van der Waals surface area contributed by atoms with Crippen molar-refractivity contribution in [2.45, 2.75) is 57.4 Å². The number of aromatic nitrogens is 4. The van der Waals surface area contributed by atoms with Crippen molar-refractivity contribution in [3.63, 3.8) is 0 Å². The van der Waals surface area contributed by atoms with E-state index in [1.54, 1.807) is 0 Å². The molecule has 0 spiro atoms. The van der Waals surface area contributed by atoms with E-state index in [9.17, 15) is 4.79 Å². The molecule has 2 saturated heterocycles. The van der Waals surface area contributed by atoms with Gasteiger partial charge in [-0.3, -0.25) is 9.88 Å². The quantitative estimate of drug-likeness (QED) is 0.383. The Morgan fingerprint density at radius 1 is 1.05 bits per heavy atom. The lowest BCUT2D eigenvalue weighted by atomic mass is 9.82. The molecule has 7 rings (SSSR count). The van der Waals surface area contributed by atoms with Crippen LogP contribution in [0, 0.1) is 0 Å². The molecule has 0 bridgehead atoms. The van der Waals surface area contributed by atoms with Crippen LogP contribution in [0.4, 0.5) is 5.69 Å². The average molecular weight is 573 g/mol. The van der Waals surface area contributed by atoms with E-state index in [-0.39, 0.29) is 0 Å². The Bertz CT molecular complexity index is 1470. The van der Waals surface area contributed by atoms with Gasteiger partial charge in [0.2, 0.25) is 0 Å². The minimum atomic E-state index is -0.399. The first-order valence-electron chi connectivity index (χ1n) is 15.6. The van der Waals surface area contributed by atoms with Crippen LogP contribution in [0.5, 0.6) is 0 Å². The predicted molar refractivity (Wildman–Crippen MR) is 160 cm³/mol. The monoisotopic (exact) mass is 572 g/mol. The molecule has 42 heavy (non-hydrogen) atoms. The molecule has 3 aromatic rings. The van der Waals surface area contributed by atoms with Crippen molar-refractivity contribution >= 4 is 28.3 Å². The molecule has 10 nitrogen and oxygen atoms in total. The van der Waals surface area contributed by atoms with Crippen LogP contribution in [0.15, 0.2) is 30.5 Å². The second-order valence-corrected chi connectivity index (χ2v) is 11.7. The Hall–Kier alpha value is -3.34. The van der Waals surface area contributed by atoms with Crippen molar-refractivity contribution in [3.05, 3.63) is 47.6 Å². The van der Waals surface area contributed by atoms with E-state index in [4.69, 9.17) is 24.3 Å². The highest BCUT2D eigenvalue weighted by Crippen LogP contribution is 2.43. The molecule has 0 radical (unpaired) electrons. The van der Waals surface area contributed by atoms with Gasteiger partial charge in [-0.05, 0) is 62.8 Å². The van der Waals surface area contributed by atoms with E-state index in [1.165, 1.54) is 12.0 Å². The molecule has 3 aliphatic heterocycles. The van der Waals surface area contributed by atoms with Gasteiger partial charge in [-0.15, -0.1) is 0 Å². The van der Waals surface area contributed by atoms with E-state index in [2.05, 4.69) is 26.9 Å². The molecule has 222 valence electrons. The second-order valence-electron chi connectivity index (χ2n) is 11.7. The van der Waals surface area contributed by atoms with E-state index in [1.807, 2.05) is 29.9 Å². The Morgan fingerprint density at radius 2 is 1.88 bits per heavy atom. The molecule has 6 heterocycles. The zero-order valence-electron chi connectivity index (χ0n) is 24.5. The second kappa shape index (κ2) is 12.1. The number of rotatable bonds is 7. The molecule has 0 N–H and O–H groups in total.